The molecule has 0 aliphatic heterocycles. The minimum absolute atomic E-state index is 0.0586. The van der Waals surface area contributed by atoms with Crippen molar-refractivity contribution >= 4 is 28.6 Å². The number of aryl methyl sites for hydroxylation is 1. The number of rotatable bonds is 7. The third-order valence-electron chi connectivity index (χ3n) is 4.53. The second kappa shape index (κ2) is 8.35. The fourth-order valence-electron chi connectivity index (χ4n) is 3.16. The van der Waals surface area contributed by atoms with E-state index in [1.165, 1.54) is 10.9 Å². The van der Waals surface area contributed by atoms with Crippen molar-refractivity contribution < 1.29 is 9.32 Å². The number of para-hydroxylation sites is 1. The first-order chi connectivity index (χ1) is 13.7. The standard InChI is InChI=1S/C22H21N3O2S/c1-15-12-17(27-25-15)14-28-21-9-5-3-7-19(21)22(26)23-11-10-16-13-24-20-8-4-2-6-18(16)20/h2-9,12-13,24H,10-11,14H2,1H3,(H,23,26). The van der Waals surface area contributed by atoms with Gasteiger partial charge in [-0.2, -0.15) is 0 Å². The molecule has 5 nitrogen and oxygen atoms in total. The van der Waals surface area contributed by atoms with Crippen LogP contribution < -0.4 is 5.32 Å². The summed E-state index contributed by atoms with van der Waals surface area (Å²) in [5.74, 6) is 1.38. The molecule has 0 bridgehead atoms. The summed E-state index contributed by atoms with van der Waals surface area (Å²) in [6.07, 6.45) is 2.79. The molecule has 1 amide bonds. The van der Waals surface area contributed by atoms with Gasteiger partial charge in [0, 0.05) is 34.6 Å². The van der Waals surface area contributed by atoms with E-state index in [9.17, 15) is 4.79 Å². The SMILES string of the molecule is Cc1cc(CSc2ccccc2C(=O)NCCc2c[nH]c3ccccc23)on1. The Balaban J connectivity index is 1.38. The molecule has 28 heavy (non-hydrogen) atoms. The highest BCUT2D eigenvalue weighted by molar-refractivity contribution is 7.98. The molecule has 142 valence electrons. The van der Waals surface area contributed by atoms with Crippen molar-refractivity contribution in [1.29, 1.82) is 0 Å². The Morgan fingerprint density at radius 3 is 2.86 bits per heavy atom. The van der Waals surface area contributed by atoms with Crippen LogP contribution in [0.25, 0.3) is 10.9 Å². The van der Waals surface area contributed by atoms with Crippen LogP contribution in [0.1, 0.15) is 27.4 Å². The number of fused-ring (bicyclic) bond motifs is 1. The van der Waals surface area contributed by atoms with Crippen molar-refractivity contribution in [3.8, 4) is 0 Å². The van der Waals surface area contributed by atoms with E-state index in [-0.39, 0.29) is 5.91 Å². The van der Waals surface area contributed by atoms with Gasteiger partial charge in [-0.05, 0) is 37.1 Å². The Hall–Kier alpha value is -2.99. The number of aromatic amines is 1. The zero-order chi connectivity index (χ0) is 19.3. The molecule has 0 aliphatic rings. The van der Waals surface area contributed by atoms with Gasteiger partial charge in [0.15, 0.2) is 0 Å². The molecule has 0 aliphatic carbocycles. The van der Waals surface area contributed by atoms with E-state index >= 15 is 0 Å². The van der Waals surface area contributed by atoms with Gasteiger partial charge in [-0.3, -0.25) is 4.79 Å². The van der Waals surface area contributed by atoms with Gasteiger partial charge < -0.3 is 14.8 Å². The van der Waals surface area contributed by atoms with E-state index in [1.54, 1.807) is 11.8 Å². The molecule has 4 rings (SSSR count). The Labute approximate surface area is 167 Å². The van der Waals surface area contributed by atoms with Crippen LogP contribution in [0.4, 0.5) is 0 Å². The van der Waals surface area contributed by atoms with Gasteiger partial charge in [0.2, 0.25) is 0 Å². The highest BCUT2D eigenvalue weighted by Crippen LogP contribution is 2.26. The summed E-state index contributed by atoms with van der Waals surface area (Å²) in [5.41, 5.74) is 3.87. The number of nitrogens with zero attached hydrogens (tertiary/aromatic N) is 1. The highest BCUT2D eigenvalue weighted by atomic mass is 32.2. The van der Waals surface area contributed by atoms with Crippen molar-refractivity contribution in [2.45, 2.75) is 24.0 Å². The van der Waals surface area contributed by atoms with Crippen LogP contribution in [0.5, 0.6) is 0 Å². The Bertz CT molecular complexity index is 1100. The summed E-state index contributed by atoms with van der Waals surface area (Å²) in [6.45, 7) is 2.48. The number of hydrogen-bond donors (Lipinski definition) is 2. The van der Waals surface area contributed by atoms with Crippen molar-refractivity contribution in [2.75, 3.05) is 6.54 Å². The third kappa shape index (κ3) is 4.12. The van der Waals surface area contributed by atoms with Crippen molar-refractivity contribution in [1.82, 2.24) is 15.5 Å². The molecule has 0 saturated carbocycles. The molecule has 4 aromatic rings. The zero-order valence-corrected chi connectivity index (χ0v) is 16.4. The molecule has 2 N–H and O–H groups in total. The summed E-state index contributed by atoms with van der Waals surface area (Å²) in [5, 5.41) is 8.15. The maximum atomic E-state index is 12.7. The lowest BCUT2D eigenvalue weighted by Crippen LogP contribution is -2.26. The predicted octanol–water partition coefficient (Wildman–Crippen LogP) is 4.73. The molecule has 0 radical (unpaired) electrons. The fraction of sp³-hybridized carbons (Fsp3) is 0.182. The van der Waals surface area contributed by atoms with Gasteiger partial charge >= 0.3 is 0 Å². The lowest BCUT2D eigenvalue weighted by Gasteiger charge is -2.09. The van der Waals surface area contributed by atoms with Crippen molar-refractivity contribution in [3.05, 3.63) is 83.4 Å². The lowest BCUT2D eigenvalue weighted by molar-refractivity contribution is 0.0951. The maximum Gasteiger partial charge on any atom is 0.252 e. The third-order valence-corrected chi connectivity index (χ3v) is 5.63. The molecule has 0 fully saturated rings. The van der Waals surface area contributed by atoms with Crippen LogP contribution >= 0.6 is 11.8 Å². The minimum Gasteiger partial charge on any atom is -0.361 e. The number of aromatic nitrogens is 2. The monoisotopic (exact) mass is 391 g/mol. The van der Waals surface area contributed by atoms with E-state index in [0.717, 1.165) is 28.3 Å². The van der Waals surface area contributed by atoms with E-state index < -0.39 is 0 Å². The van der Waals surface area contributed by atoms with E-state index in [1.807, 2.05) is 55.6 Å². The molecule has 0 atom stereocenters. The molecule has 0 unspecified atom stereocenters. The molecule has 2 aromatic heterocycles. The Morgan fingerprint density at radius 1 is 1.18 bits per heavy atom. The summed E-state index contributed by atoms with van der Waals surface area (Å²) in [4.78, 5) is 16.9. The average Bonchev–Trinajstić information content (AvgIpc) is 3.33. The van der Waals surface area contributed by atoms with Gasteiger partial charge in [-0.1, -0.05) is 35.5 Å². The van der Waals surface area contributed by atoms with Crippen LogP contribution in [0.15, 0.2) is 70.2 Å². The molecule has 0 saturated heterocycles. The number of amides is 1. The van der Waals surface area contributed by atoms with Gasteiger partial charge in [-0.25, -0.2) is 0 Å². The first kappa shape index (κ1) is 18.4. The molecule has 2 aromatic carbocycles. The van der Waals surface area contributed by atoms with Crippen molar-refractivity contribution in [3.63, 3.8) is 0 Å². The number of H-pyrrole nitrogens is 1. The summed E-state index contributed by atoms with van der Waals surface area (Å²) < 4.78 is 5.25. The predicted molar refractivity (Wildman–Crippen MR) is 112 cm³/mol. The number of carbonyl (C=O) groups is 1. The van der Waals surface area contributed by atoms with Crippen molar-refractivity contribution in [2.24, 2.45) is 0 Å². The molecule has 6 heteroatoms. The number of benzene rings is 2. The topological polar surface area (TPSA) is 70.9 Å². The number of thioether (sulfide) groups is 1. The number of hydrogen-bond acceptors (Lipinski definition) is 4. The Kier molecular flexibility index (Phi) is 5.48. The Morgan fingerprint density at radius 2 is 2.00 bits per heavy atom. The quantitative estimate of drug-likeness (QED) is 0.447. The molecular weight excluding hydrogens is 370 g/mol. The largest absolute Gasteiger partial charge is 0.361 e. The smallest absolute Gasteiger partial charge is 0.252 e. The van der Waals surface area contributed by atoms with Gasteiger partial charge in [0.25, 0.3) is 5.91 Å². The number of carbonyl (C=O) groups excluding carboxylic acids is 1. The van der Waals surface area contributed by atoms with Crippen LogP contribution in [0, 0.1) is 6.92 Å². The average molecular weight is 391 g/mol. The molecule has 2 heterocycles. The summed E-state index contributed by atoms with van der Waals surface area (Å²) in [7, 11) is 0. The summed E-state index contributed by atoms with van der Waals surface area (Å²) >= 11 is 1.58. The molecule has 0 spiro atoms. The first-order valence-corrected chi connectivity index (χ1v) is 10.2. The molecular formula is C22H21N3O2S. The first-order valence-electron chi connectivity index (χ1n) is 9.18. The van der Waals surface area contributed by atoms with Crippen LogP contribution in [-0.2, 0) is 12.2 Å². The van der Waals surface area contributed by atoms with Crippen LogP contribution in [0.2, 0.25) is 0 Å². The van der Waals surface area contributed by atoms with E-state index in [2.05, 4.69) is 27.6 Å². The minimum atomic E-state index is -0.0586. The fourth-order valence-corrected chi connectivity index (χ4v) is 4.08. The number of nitrogens with one attached hydrogen (secondary N) is 2. The van der Waals surface area contributed by atoms with Gasteiger partial charge in [0.1, 0.15) is 5.76 Å². The zero-order valence-electron chi connectivity index (χ0n) is 15.6. The van der Waals surface area contributed by atoms with Gasteiger partial charge in [0.05, 0.1) is 17.0 Å². The second-order valence-corrected chi connectivity index (χ2v) is 7.60. The van der Waals surface area contributed by atoms with Crippen LogP contribution in [0.3, 0.4) is 0 Å². The van der Waals surface area contributed by atoms with E-state index in [4.69, 9.17) is 4.52 Å². The normalized spacial score (nSPS) is 11.0. The summed E-state index contributed by atoms with van der Waals surface area (Å²) in [6, 6.07) is 17.8. The van der Waals surface area contributed by atoms with E-state index in [0.29, 0.717) is 17.9 Å². The second-order valence-electron chi connectivity index (χ2n) is 6.58. The van der Waals surface area contributed by atoms with Crippen LogP contribution in [-0.4, -0.2) is 22.6 Å². The highest BCUT2D eigenvalue weighted by Gasteiger charge is 2.12. The van der Waals surface area contributed by atoms with Gasteiger partial charge in [-0.15, -0.1) is 11.8 Å². The maximum absolute atomic E-state index is 12.7. The lowest BCUT2D eigenvalue weighted by atomic mass is 10.1.